The van der Waals surface area contributed by atoms with Gasteiger partial charge < -0.3 is 14.8 Å². The minimum Gasteiger partial charge on any atom is -0.520 e. The van der Waals surface area contributed by atoms with E-state index < -0.39 is 0 Å². The Morgan fingerprint density at radius 1 is 1.86 bits per heavy atom. The minimum atomic E-state index is -0.260. The Kier molecular flexibility index (Phi) is 5.73. The molecule has 0 aliphatic carbocycles. The third-order valence-corrected chi connectivity index (χ3v) is 0.368. The van der Waals surface area contributed by atoms with Crippen LogP contribution in [0.5, 0.6) is 0 Å². The summed E-state index contributed by atoms with van der Waals surface area (Å²) in [5.74, 6) is 0. The molecule has 38 valence electrons. The number of amides is 1. The van der Waals surface area contributed by atoms with Crippen molar-refractivity contribution in [3.63, 3.8) is 0 Å². The number of carbonyl (C=O) groups excluding carboxylic acids is 1. The average Bonchev–Trinajstić information content (AvgIpc) is 1.65. The Labute approximate surface area is 36.2 Å². The number of hydrogen-bond donors (Lipinski definition) is 1. The third-order valence-electron chi connectivity index (χ3n) is 0.368. The van der Waals surface area contributed by atoms with Gasteiger partial charge in [0.05, 0.1) is 6.73 Å². The van der Waals surface area contributed by atoms with Gasteiger partial charge in [-0.3, -0.25) is 0 Å². The first-order valence-corrected chi connectivity index (χ1v) is 1.51. The van der Waals surface area contributed by atoms with Crippen LogP contribution < -0.4 is 0 Å². The van der Waals surface area contributed by atoms with Gasteiger partial charge >= 0.3 is 0 Å². The molecule has 0 saturated carbocycles. The Morgan fingerprint density at radius 3 is 2.29 bits per heavy atom. The maximum Gasteiger partial charge on any atom is 0.0876 e. The molecule has 0 heterocycles. The van der Waals surface area contributed by atoms with Gasteiger partial charge in [-0.2, -0.15) is 6.41 Å². The second-order valence-corrected chi connectivity index (χ2v) is 0.931. The Balaban J connectivity index is 0. The molecule has 0 atom stereocenters. The van der Waals surface area contributed by atoms with Crippen molar-refractivity contribution in [2.75, 3.05) is 13.8 Å². The Hall–Kier alpha value is -1.57. The molecular formula is C3H6NO2Rf-. The minimum absolute atomic E-state index is 0. The van der Waals surface area contributed by atoms with E-state index in [-0.39, 0.29) is 6.73 Å². The molecule has 0 fully saturated rings. The average molecular weight is 355 g/mol. The summed E-state index contributed by atoms with van der Waals surface area (Å²) >= 11 is 0. The summed E-state index contributed by atoms with van der Waals surface area (Å²) < 4.78 is 0. The van der Waals surface area contributed by atoms with Gasteiger partial charge in [0, 0.05) is 0 Å². The van der Waals surface area contributed by atoms with Crippen LogP contribution in [0.3, 0.4) is 0 Å². The molecule has 0 spiro atoms. The van der Waals surface area contributed by atoms with E-state index in [1.165, 1.54) is 13.5 Å². The van der Waals surface area contributed by atoms with E-state index in [4.69, 9.17) is 5.11 Å². The summed E-state index contributed by atoms with van der Waals surface area (Å²) in [6.07, 6.45) is 1.45. The van der Waals surface area contributed by atoms with E-state index in [9.17, 15) is 4.79 Å². The molecule has 0 aromatic heterocycles. The molecule has 0 aromatic rings. The Morgan fingerprint density at radius 2 is 2.29 bits per heavy atom. The summed E-state index contributed by atoms with van der Waals surface area (Å²) in [6, 6.07) is 0. The van der Waals surface area contributed by atoms with Crippen LogP contribution in [0.1, 0.15) is 0 Å². The maximum absolute atomic E-state index is 9.38. The van der Waals surface area contributed by atoms with Crippen LogP contribution in [0, 0.1) is 0 Å². The van der Waals surface area contributed by atoms with E-state index in [1.54, 1.807) is 0 Å². The first-order valence-electron chi connectivity index (χ1n) is 1.51. The quantitative estimate of drug-likeness (QED) is 0.390. The normalized spacial score (nSPS) is 6.57. The van der Waals surface area contributed by atoms with Gasteiger partial charge in [0.25, 0.3) is 0 Å². The standard InChI is InChI=1S/C3H6NO2.Rf/c1-4(2-5)3-6;/h5H,2H2,1H3;/q-1;. The molecule has 0 radical (unpaired) electrons. The second-order valence-electron chi connectivity index (χ2n) is 0.931. The van der Waals surface area contributed by atoms with Crippen molar-refractivity contribution in [2.45, 2.75) is 0 Å². The van der Waals surface area contributed by atoms with Crippen LogP contribution in [-0.4, -0.2) is 30.2 Å². The molecule has 1 N–H and O–H groups in total. The molecule has 1 amide bonds. The third kappa shape index (κ3) is 4.43. The van der Waals surface area contributed by atoms with Crippen molar-refractivity contribution in [1.82, 2.24) is 4.90 Å². The van der Waals surface area contributed by atoms with Crippen molar-refractivity contribution in [2.24, 2.45) is 0 Å². The maximum atomic E-state index is 9.38. The summed E-state index contributed by atoms with van der Waals surface area (Å²) in [6.45, 7) is -0.260. The van der Waals surface area contributed by atoms with Gasteiger partial charge in [-0.25, -0.2) is 0 Å². The smallest absolute Gasteiger partial charge is 0.0876 e. The van der Waals surface area contributed by atoms with Crippen molar-refractivity contribution < 1.29 is 9.90 Å². The number of hydrogen-bond acceptors (Lipinski definition) is 2. The van der Waals surface area contributed by atoms with Gasteiger partial charge in [0.1, 0.15) is 0 Å². The molecule has 0 aliphatic rings. The summed E-state index contributed by atoms with van der Waals surface area (Å²) in [7, 11) is 1.44. The fourth-order valence-corrected chi connectivity index (χ4v) is 0.0289. The van der Waals surface area contributed by atoms with Crippen LogP contribution >= 0.6 is 0 Å². The summed E-state index contributed by atoms with van der Waals surface area (Å²) in [4.78, 5) is 10.4. The predicted octanol–water partition coefficient (Wildman–Crippen LogP) is -1.06. The first-order chi connectivity index (χ1) is 2.81. The zero-order valence-corrected chi connectivity index (χ0v) is 10.6. The molecule has 0 aromatic carbocycles. The topological polar surface area (TPSA) is 40.5 Å². The molecule has 3 nitrogen and oxygen atoms in total. The monoisotopic (exact) mass is 355 g/mol. The molecular weight excluding hydrogens is 349 g/mol. The molecule has 0 unspecified atom stereocenters. The zero-order chi connectivity index (χ0) is 4.99. The summed E-state index contributed by atoms with van der Waals surface area (Å²) in [5, 5.41) is 8.00. The van der Waals surface area contributed by atoms with E-state index in [0.717, 1.165) is 4.90 Å². The van der Waals surface area contributed by atoms with Crippen LogP contribution in [0.15, 0.2) is 0 Å². The van der Waals surface area contributed by atoms with Crippen LogP contribution in [0.4, 0.5) is 0 Å². The molecule has 7 heavy (non-hydrogen) atoms. The van der Waals surface area contributed by atoms with E-state index in [2.05, 4.69) is 0 Å². The fourth-order valence-electron chi connectivity index (χ4n) is 0.0289. The Bertz CT molecular complexity index is 50.2. The van der Waals surface area contributed by atoms with E-state index >= 15 is 0 Å². The first kappa shape index (κ1) is 9.06. The largest absolute Gasteiger partial charge is 0.520 e. The number of nitrogens with zero attached hydrogens (tertiary/aromatic N) is 1. The zero-order valence-electron chi connectivity index (χ0n) is 4.22. The molecule has 0 saturated heterocycles. The summed E-state index contributed by atoms with van der Waals surface area (Å²) in [5.41, 5.74) is 0. The number of aliphatic hydroxyl groups excluding tert-OH is 1. The number of rotatable bonds is 2. The molecule has 4 heteroatoms. The van der Waals surface area contributed by atoms with Gasteiger partial charge in [0.2, 0.25) is 0 Å². The van der Waals surface area contributed by atoms with Gasteiger partial charge in [-0.1, -0.05) is 0 Å². The number of aliphatic hydroxyl groups is 1. The van der Waals surface area contributed by atoms with Crippen LogP contribution in [-0.2, 0) is 4.79 Å². The van der Waals surface area contributed by atoms with Gasteiger partial charge in [-0.05, 0) is 7.05 Å². The van der Waals surface area contributed by atoms with Crippen LogP contribution in [0.25, 0.3) is 0 Å². The predicted molar refractivity (Wildman–Crippen MR) is 20.5 cm³/mol. The van der Waals surface area contributed by atoms with Crippen molar-refractivity contribution in [1.29, 1.82) is 0 Å². The van der Waals surface area contributed by atoms with Gasteiger partial charge in [-0.15, -0.1) is 0 Å². The van der Waals surface area contributed by atoms with E-state index in [1.807, 2.05) is 0 Å². The molecule has 0 rings (SSSR count). The van der Waals surface area contributed by atoms with E-state index in [0.29, 0.717) is 0 Å². The van der Waals surface area contributed by atoms with Crippen molar-refractivity contribution in [3.8, 4) is 0 Å². The van der Waals surface area contributed by atoms with Crippen molar-refractivity contribution >= 4 is 6.41 Å². The fraction of sp³-hybridized carbons (Fsp3) is 0.667. The van der Waals surface area contributed by atoms with Crippen molar-refractivity contribution in [3.05, 3.63) is 0 Å². The SMILES string of the molecule is CN([C-]=O)CO.[Rf]. The second kappa shape index (κ2) is 4.43. The molecule has 0 aliphatic heterocycles. The van der Waals surface area contributed by atoms with Gasteiger partial charge in [0.15, 0.2) is 0 Å². The van der Waals surface area contributed by atoms with Crippen LogP contribution in [0.2, 0.25) is 0 Å². The molecule has 0 bridgehead atoms.